The number of nitrogen functional groups attached to an aromatic ring is 1. The molecule has 1 aromatic heterocycles. The summed E-state index contributed by atoms with van der Waals surface area (Å²) in [4.78, 5) is 0. The van der Waals surface area contributed by atoms with Crippen LogP contribution in [0.15, 0.2) is 28.8 Å². The monoisotopic (exact) mass is 301 g/mol. The van der Waals surface area contributed by atoms with Gasteiger partial charge in [-0.3, -0.25) is 4.72 Å². The summed E-state index contributed by atoms with van der Waals surface area (Å²) in [7, 11) is -3.61. The van der Waals surface area contributed by atoms with Crippen molar-refractivity contribution in [1.29, 1.82) is 0 Å². The molecule has 102 valence electrons. The van der Waals surface area contributed by atoms with E-state index in [9.17, 15) is 8.42 Å². The standard InChI is InChI=1S/C11H12ClN3O3S/c1-7-4-9(14-18-7)6-19(16,17)15-11-3-2-8(13)5-10(11)12/h2-5,15H,6,13H2,1H3. The molecule has 2 rings (SSSR count). The Balaban J connectivity index is 2.17. The van der Waals surface area contributed by atoms with Gasteiger partial charge in [0.05, 0.1) is 10.7 Å². The summed E-state index contributed by atoms with van der Waals surface area (Å²) in [5.41, 5.74) is 6.60. The molecule has 3 N–H and O–H groups in total. The summed E-state index contributed by atoms with van der Waals surface area (Å²) in [6.45, 7) is 1.69. The topological polar surface area (TPSA) is 98.2 Å². The zero-order valence-corrected chi connectivity index (χ0v) is 11.6. The molecule has 0 aliphatic carbocycles. The number of anilines is 2. The molecule has 8 heteroatoms. The third kappa shape index (κ3) is 3.62. The van der Waals surface area contributed by atoms with Crippen LogP contribution in [0.4, 0.5) is 11.4 Å². The molecule has 0 bridgehead atoms. The van der Waals surface area contributed by atoms with Crippen LogP contribution in [0.3, 0.4) is 0 Å². The van der Waals surface area contributed by atoms with Crippen LogP contribution in [0.2, 0.25) is 5.02 Å². The average Bonchev–Trinajstić information content (AvgIpc) is 2.67. The highest BCUT2D eigenvalue weighted by molar-refractivity contribution is 7.91. The maximum absolute atomic E-state index is 11.9. The molecular weight excluding hydrogens is 290 g/mol. The van der Waals surface area contributed by atoms with Crippen molar-refractivity contribution in [2.75, 3.05) is 10.5 Å². The van der Waals surface area contributed by atoms with Gasteiger partial charge in [0.1, 0.15) is 17.2 Å². The van der Waals surface area contributed by atoms with Crippen molar-refractivity contribution < 1.29 is 12.9 Å². The molecule has 1 heterocycles. The highest BCUT2D eigenvalue weighted by Crippen LogP contribution is 2.25. The van der Waals surface area contributed by atoms with Crippen LogP contribution < -0.4 is 10.5 Å². The average molecular weight is 302 g/mol. The first-order chi connectivity index (χ1) is 8.85. The first-order valence-electron chi connectivity index (χ1n) is 5.33. The van der Waals surface area contributed by atoms with E-state index < -0.39 is 10.0 Å². The molecule has 0 aliphatic heterocycles. The number of rotatable bonds is 4. The maximum atomic E-state index is 11.9. The first kappa shape index (κ1) is 13.7. The van der Waals surface area contributed by atoms with Crippen LogP contribution in [0.5, 0.6) is 0 Å². The zero-order chi connectivity index (χ0) is 14.0. The molecule has 0 fully saturated rings. The largest absolute Gasteiger partial charge is 0.399 e. The number of nitrogens with one attached hydrogen (secondary N) is 1. The number of hydrogen-bond donors (Lipinski definition) is 2. The van der Waals surface area contributed by atoms with Crippen molar-refractivity contribution in [3.8, 4) is 0 Å². The Labute approximate surface area is 115 Å². The molecule has 0 atom stereocenters. The van der Waals surface area contributed by atoms with Crippen LogP contribution in [-0.4, -0.2) is 13.6 Å². The number of nitrogens with zero attached hydrogens (tertiary/aromatic N) is 1. The lowest BCUT2D eigenvalue weighted by Gasteiger charge is -2.08. The second kappa shape index (κ2) is 5.10. The fraction of sp³-hybridized carbons (Fsp3) is 0.182. The summed E-state index contributed by atoms with van der Waals surface area (Å²) >= 11 is 5.90. The van der Waals surface area contributed by atoms with Gasteiger partial charge in [-0.05, 0) is 25.1 Å². The van der Waals surface area contributed by atoms with Gasteiger partial charge in [-0.25, -0.2) is 8.42 Å². The molecule has 19 heavy (non-hydrogen) atoms. The van der Waals surface area contributed by atoms with E-state index >= 15 is 0 Å². The predicted molar refractivity (Wildman–Crippen MR) is 73.4 cm³/mol. The lowest BCUT2D eigenvalue weighted by molar-refractivity contribution is 0.392. The molecule has 0 aliphatic rings. The highest BCUT2D eigenvalue weighted by Gasteiger charge is 2.16. The van der Waals surface area contributed by atoms with Gasteiger partial charge < -0.3 is 10.3 Å². The summed E-state index contributed by atoms with van der Waals surface area (Å²) < 4.78 is 31.1. The minimum absolute atomic E-state index is 0.236. The van der Waals surface area contributed by atoms with E-state index in [0.29, 0.717) is 17.1 Å². The van der Waals surface area contributed by atoms with E-state index in [1.807, 2.05) is 0 Å². The Morgan fingerprint density at radius 3 is 2.74 bits per heavy atom. The van der Waals surface area contributed by atoms with E-state index in [-0.39, 0.29) is 16.5 Å². The molecule has 0 radical (unpaired) electrons. The molecule has 0 saturated heterocycles. The van der Waals surface area contributed by atoms with Crippen LogP contribution in [0, 0.1) is 6.92 Å². The number of nitrogens with two attached hydrogens (primary N) is 1. The van der Waals surface area contributed by atoms with Crippen LogP contribution in [0.25, 0.3) is 0 Å². The van der Waals surface area contributed by atoms with Gasteiger partial charge >= 0.3 is 0 Å². The molecule has 0 saturated carbocycles. The van der Waals surface area contributed by atoms with Crippen LogP contribution >= 0.6 is 11.6 Å². The van der Waals surface area contributed by atoms with Gasteiger partial charge in [-0.15, -0.1) is 0 Å². The minimum Gasteiger partial charge on any atom is -0.399 e. The van der Waals surface area contributed by atoms with Gasteiger partial charge in [-0.1, -0.05) is 16.8 Å². The molecule has 2 aromatic rings. The first-order valence-corrected chi connectivity index (χ1v) is 7.36. The third-order valence-electron chi connectivity index (χ3n) is 2.27. The Morgan fingerprint density at radius 1 is 1.42 bits per heavy atom. The van der Waals surface area contributed by atoms with E-state index in [2.05, 4.69) is 9.88 Å². The Bertz CT molecular complexity index is 697. The predicted octanol–water partition coefficient (Wildman–Crippen LogP) is 2.16. The Hall–Kier alpha value is -1.73. The van der Waals surface area contributed by atoms with E-state index in [0.717, 1.165) is 0 Å². The fourth-order valence-corrected chi connectivity index (χ4v) is 2.90. The highest BCUT2D eigenvalue weighted by atomic mass is 35.5. The van der Waals surface area contributed by atoms with Crippen molar-refractivity contribution >= 4 is 33.0 Å². The van der Waals surface area contributed by atoms with Crippen molar-refractivity contribution in [2.45, 2.75) is 12.7 Å². The SMILES string of the molecule is Cc1cc(CS(=O)(=O)Nc2ccc(N)cc2Cl)no1. The second-order valence-corrected chi connectivity index (χ2v) is 6.16. The van der Waals surface area contributed by atoms with Gasteiger partial charge in [0.25, 0.3) is 0 Å². The minimum atomic E-state index is -3.61. The van der Waals surface area contributed by atoms with E-state index in [1.54, 1.807) is 19.1 Å². The molecule has 6 nitrogen and oxygen atoms in total. The molecular formula is C11H12ClN3O3S. The van der Waals surface area contributed by atoms with Crippen molar-refractivity contribution in [1.82, 2.24) is 5.16 Å². The number of aryl methyl sites for hydroxylation is 1. The van der Waals surface area contributed by atoms with Gasteiger partial charge in [-0.2, -0.15) is 0 Å². The number of benzene rings is 1. The summed E-state index contributed by atoms with van der Waals surface area (Å²) in [5, 5.41) is 3.87. The van der Waals surface area contributed by atoms with Gasteiger partial charge in [0.2, 0.25) is 10.0 Å². The van der Waals surface area contributed by atoms with Crippen LogP contribution in [-0.2, 0) is 15.8 Å². The summed E-state index contributed by atoms with van der Waals surface area (Å²) in [6, 6.07) is 6.09. The van der Waals surface area contributed by atoms with Gasteiger partial charge in [0, 0.05) is 11.8 Å². The lowest BCUT2D eigenvalue weighted by Crippen LogP contribution is -2.15. The third-order valence-corrected chi connectivity index (χ3v) is 3.79. The number of sulfonamides is 1. The Morgan fingerprint density at radius 2 is 2.16 bits per heavy atom. The Kier molecular flexibility index (Phi) is 3.68. The van der Waals surface area contributed by atoms with Crippen molar-refractivity contribution in [3.05, 3.63) is 40.7 Å². The zero-order valence-electron chi connectivity index (χ0n) is 10.1. The second-order valence-electron chi connectivity index (χ2n) is 4.03. The van der Waals surface area contributed by atoms with E-state index in [4.69, 9.17) is 21.9 Å². The molecule has 1 aromatic carbocycles. The van der Waals surface area contributed by atoms with E-state index in [1.165, 1.54) is 12.1 Å². The molecule has 0 spiro atoms. The summed E-state index contributed by atoms with van der Waals surface area (Å²) in [5.74, 6) is 0.265. The maximum Gasteiger partial charge on any atom is 0.238 e. The lowest BCUT2D eigenvalue weighted by atomic mass is 10.3. The normalized spacial score (nSPS) is 11.5. The van der Waals surface area contributed by atoms with Crippen molar-refractivity contribution in [3.63, 3.8) is 0 Å². The van der Waals surface area contributed by atoms with Crippen molar-refractivity contribution in [2.24, 2.45) is 0 Å². The van der Waals surface area contributed by atoms with Gasteiger partial charge in [0.15, 0.2) is 0 Å². The number of halogens is 1. The number of hydrogen-bond acceptors (Lipinski definition) is 5. The molecule has 0 unspecified atom stereocenters. The smallest absolute Gasteiger partial charge is 0.238 e. The van der Waals surface area contributed by atoms with Crippen LogP contribution in [0.1, 0.15) is 11.5 Å². The quantitative estimate of drug-likeness (QED) is 0.843. The fourth-order valence-electron chi connectivity index (χ4n) is 1.50. The molecule has 0 amide bonds. The summed E-state index contributed by atoms with van der Waals surface area (Å²) in [6.07, 6.45) is 0. The number of aromatic nitrogens is 1.